The molecule has 6 heteroatoms. The summed E-state index contributed by atoms with van der Waals surface area (Å²) in [5.74, 6) is 0. The Balaban J connectivity index is 2.53. The second-order valence-electron chi connectivity index (χ2n) is 3.12. The third-order valence-electron chi connectivity index (χ3n) is 1.87. The molecule has 1 aromatic rings. The summed E-state index contributed by atoms with van der Waals surface area (Å²) in [7, 11) is 0. The average Bonchev–Trinajstić information content (AvgIpc) is 2.29. The largest absolute Gasteiger partial charge is 0.395 e. The standard InChI is InChI=1S/C10H16ClN3O2/c11-9-7-8(12-3-5-15)1-2-10(9)14-13-4-6-16/h1-2,7,12-16H,3-6H2. The zero-order chi connectivity index (χ0) is 11.8. The maximum atomic E-state index is 8.65. The van der Waals surface area contributed by atoms with Crippen molar-refractivity contribution < 1.29 is 10.2 Å². The molecule has 0 saturated carbocycles. The molecule has 90 valence electrons. The summed E-state index contributed by atoms with van der Waals surface area (Å²) in [5.41, 5.74) is 7.28. The Hall–Kier alpha value is -1.01. The lowest BCUT2D eigenvalue weighted by molar-refractivity contribution is 0.296. The predicted molar refractivity (Wildman–Crippen MR) is 65.7 cm³/mol. The SMILES string of the molecule is OCCNNc1ccc(NCCO)cc1Cl. The Morgan fingerprint density at radius 2 is 1.88 bits per heavy atom. The van der Waals surface area contributed by atoms with E-state index in [2.05, 4.69) is 16.2 Å². The summed E-state index contributed by atoms with van der Waals surface area (Å²) in [4.78, 5) is 0. The summed E-state index contributed by atoms with van der Waals surface area (Å²) in [5, 5.41) is 20.8. The van der Waals surface area contributed by atoms with Crippen LogP contribution in [0.15, 0.2) is 18.2 Å². The lowest BCUT2D eigenvalue weighted by atomic mass is 10.3. The molecule has 0 aliphatic rings. The summed E-state index contributed by atoms with van der Waals surface area (Å²) in [6, 6.07) is 5.43. The van der Waals surface area contributed by atoms with Crippen molar-refractivity contribution in [2.75, 3.05) is 37.0 Å². The number of rotatable bonds is 7. The van der Waals surface area contributed by atoms with Crippen LogP contribution in [0.2, 0.25) is 5.02 Å². The van der Waals surface area contributed by atoms with E-state index in [1.54, 1.807) is 6.07 Å². The van der Waals surface area contributed by atoms with Crippen LogP contribution in [0.25, 0.3) is 0 Å². The lowest BCUT2D eigenvalue weighted by Crippen LogP contribution is -2.25. The average molecular weight is 246 g/mol. The maximum Gasteiger partial charge on any atom is 0.0675 e. The van der Waals surface area contributed by atoms with E-state index in [1.165, 1.54) is 0 Å². The molecule has 16 heavy (non-hydrogen) atoms. The molecule has 0 amide bonds. The summed E-state index contributed by atoms with van der Waals surface area (Å²) in [6.45, 7) is 1.07. The summed E-state index contributed by atoms with van der Waals surface area (Å²) >= 11 is 6.02. The second-order valence-corrected chi connectivity index (χ2v) is 3.53. The number of benzene rings is 1. The van der Waals surface area contributed by atoms with Crippen LogP contribution in [0.1, 0.15) is 0 Å². The fourth-order valence-corrected chi connectivity index (χ4v) is 1.37. The smallest absolute Gasteiger partial charge is 0.0675 e. The van der Waals surface area contributed by atoms with Crippen LogP contribution in [0.4, 0.5) is 11.4 Å². The molecule has 1 rings (SSSR count). The van der Waals surface area contributed by atoms with Gasteiger partial charge in [-0.1, -0.05) is 11.6 Å². The quantitative estimate of drug-likeness (QED) is 0.360. The third-order valence-corrected chi connectivity index (χ3v) is 2.18. The molecule has 5 nitrogen and oxygen atoms in total. The topological polar surface area (TPSA) is 76.5 Å². The van der Waals surface area contributed by atoms with Gasteiger partial charge in [-0.05, 0) is 18.2 Å². The van der Waals surface area contributed by atoms with Crippen LogP contribution >= 0.6 is 11.6 Å². The van der Waals surface area contributed by atoms with Crippen molar-refractivity contribution in [3.05, 3.63) is 23.2 Å². The van der Waals surface area contributed by atoms with E-state index < -0.39 is 0 Å². The Labute approximate surface area is 99.4 Å². The normalized spacial score (nSPS) is 10.2. The van der Waals surface area contributed by atoms with Gasteiger partial charge in [-0.15, -0.1) is 0 Å². The highest BCUT2D eigenvalue weighted by molar-refractivity contribution is 6.33. The van der Waals surface area contributed by atoms with Crippen LogP contribution in [0.3, 0.4) is 0 Å². The van der Waals surface area contributed by atoms with Crippen LogP contribution in [-0.4, -0.2) is 36.5 Å². The molecular formula is C10H16ClN3O2. The van der Waals surface area contributed by atoms with Crippen molar-refractivity contribution in [3.63, 3.8) is 0 Å². The lowest BCUT2D eigenvalue weighted by Gasteiger charge is -2.11. The van der Waals surface area contributed by atoms with E-state index in [0.29, 0.717) is 18.1 Å². The molecule has 1 aromatic carbocycles. The minimum atomic E-state index is 0.0563. The monoisotopic (exact) mass is 245 g/mol. The molecule has 0 atom stereocenters. The van der Waals surface area contributed by atoms with E-state index in [-0.39, 0.29) is 13.2 Å². The number of aliphatic hydroxyl groups is 2. The molecule has 0 bridgehead atoms. The number of hydrazine groups is 1. The van der Waals surface area contributed by atoms with Gasteiger partial charge in [0.1, 0.15) is 0 Å². The molecule has 0 aliphatic heterocycles. The van der Waals surface area contributed by atoms with Crippen molar-refractivity contribution in [2.24, 2.45) is 0 Å². The van der Waals surface area contributed by atoms with Crippen LogP contribution < -0.4 is 16.2 Å². The van der Waals surface area contributed by atoms with Gasteiger partial charge >= 0.3 is 0 Å². The van der Waals surface area contributed by atoms with Crippen molar-refractivity contribution in [1.29, 1.82) is 0 Å². The third kappa shape index (κ3) is 4.24. The van der Waals surface area contributed by atoms with Crippen molar-refractivity contribution in [2.45, 2.75) is 0 Å². The molecule has 0 heterocycles. The minimum absolute atomic E-state index is 0.0563. The minimum Gasteiger partial charge on any atom is -0.395 e. The Morgan fingerprint density at radius 3 is 2.50 bits per heavy atom. The van der Waals surface area contributed by atoms with Crippen molar-refractivity contribution in [3.8, 4) is 0 Å². The van der Waals surface area contributed by atoms with Gasteiger partial charge in [-0.2, -0.15) is 0 Å². The van der Waals surface area contributed by atoms with Crippen LogP contribution in [0.5, 0.6) is 0 Å². The molecule has 0 aliphatic carbocycles. The maximum absolute atomic E-state index is 8.65. The van der Waals surface area contributed by atoms with E-state index in [4.69, 9.17) is 21.8 Å². The Morgan fingerprint density at radius 1 is 1.12 bits per heavy atom. The second kappa shape index (κ2) is 7.29. The highest BCUT2D eigenvalue weighted by Crippen LogP contribution is 2.24. The van der Waals surface area contributed by atoms with Crippen molar-refractivity contribution >= 4 is 23.0 Å². The summed E-state index contributed by atoms with van der Waals surface area (Å²) in [6.07, 6.45) is 0. The molecule has 0 spiro atoms. The predicted octanol–water partition coefficient (Wildman–Crippen LogP) is 0.653. The highest BCUT2D eigenvalue weighted by Gasteiger charge is 2.00. The van der Waals surface area contributed by atoms with Gasteiger partial charge in [0.15, 0.2) is 0 Å². The van der Waals surface area contributed by atoms with Gasteiger partial charge in [0.2, 0.25) is 0 Å². The molecule has 0 radical (unpaired) electrons. The Bertz CT molecular complexity index is 323. The molecule has 5 N–H and O–H groups in total. The first-order valence-electron chi connectivity index (χ1n) is 5.02. The van der Waals surface area contributed by atoms with Gasteiger partial charge in [0.05, 0.1) is 23.9 Å². The van der Waals surface area contributed by atoms with E-state index in [0.717, 1.165) is 11.4 Å². The van der Waals surface area contributed by atoms with E-state index in [1.807, 2.05) is 12.1 Å². The van der Waals surface area contributed by atoms with Crippen LogP contribution in [0, 0.1) is 0 Å². The number of nitrogens with one attached hydrogen (secondary N) is 3. The van der Waals surface area contributed by atoms with E-state index in [9.17, 15) is 0 Å². The zero-order valence-corrected chi connectivity index (χ0v) is 9.59. The van der Waals surface area contributed by atoms with Gasteiger partial charge in [-0.3, -0.25) is 0 Å². The fraction of sp³-hybridized carbons (Fsp3) is 0.400. The van der Waals surface area contributed by atoms with Gasteiger partial charge in [0.25, 0.3) is 0 Å². The molecule has 0 aromatic heterocycles. The highest BCUT2D eigenvalue weighted by atomic mass is 35.5. The van der Waals surface area contributed by atoms with Crippen molar-refractivity contribution in [1.82, 2.24) is 5.43 Å². The zero-order valence-electron chi connectivity index (χ0n) is 8.83. The van der Waals surface area contributed by atoms with Gasteiger partial charge in [0, 0.05) is 18.8 Å². The van der Waals surface area contributed by atoms with Crippen LogP contribution in [-0.2, 0) is 0 Å². The first-order valence-corrected chi connectivity index (χ1v) is 5.39. The first kappa shape index (κ1) is 13.1. The molecule has 0 fully saturated rings. The number of hydrogen-bond donors (Lipinski definition) is 5. The number of halogens is 1. The molecular weight excluding hydrogens is 230 g/mol. The van der Waals surface area contributed by atoms with E-state index >= 15 is 0 Å². The number of hydrogen-bond acceptors (Lipinski definition) is 5. The van der Waals surface area contributed by atoms with Gasteiger partial charge in [-0.25, -0.2) is 5.43 Å². The fourth-order valence-electron chi connectivity index (χ4n) is 1.14. The molecule has 0 unspecified atom stereocenters. The number of anilines is 2. The van der Waals surface area contributed by atoms with Gasteiger partial charge < -0.3 is 21.0 Å². The summed E-state index contributed by atoms with van der Waals surface area (Å²) < 4.78 is 0. The number of aliphatic hydroxyl groups excluding tert-OH is 2. The Kier molecular flexibility index (Phi) is 5.95. The first-order chi connectivity index (χ1) is 7.77. The molecule has 0 saturated heterocycles.